The van der Waals surface area contributed by atoms with Crippen molar-refractivity contribution in [3.63, 3.8) is 0 Å². The maximum atomic E-state index is 12.0. The van der Waals surface area contributed by atoms with Crippen molar-refractivity contribution >= 4 is 22.9 Å². The van der Waals surface area contributed by atoms with Gasteiger partial charge in [-0.2, -0.15) is 11.3 Å². The van der Waals surface area contributed by atoms with E-state index in [1.54, 1.807) is 11.3 Å². The Morgan fingerprint density at radius 3 is 2.81 bits per heavy atom. The van der Waals surface area contributed by atoms with Crippen molar-refractivity contribution in [2.75, 3.05) is 24.5 Å². The molecule has 3 aromatic rings. The Kier molecular flexibility index (Phi) is 6.98. The third kappa shape index (κ3) is 5.65. The SMILES string of the molecule is CCN(CCCNC(=O)CCc1nnc(-c2ccsc2)o1)c1ccccc1. The number of nitrogens with one attached hydrogen (secondary N) is 1. The fourth-order valence-electron chi connectivity index (χ4n) is 2.77. The van der Waals surface area contributed by atoms with Gasteiger partial charge in [0.1, 0.15) is 0 Å². The van der Waals surface area contributed by atoms with Crippen LogP contribution in [0.3, 0.4) is 0 Å². The number of rotatable bonds is 10. The number of hydrogen-bond donors (Lipinski definition) is 1. The van der Waals surface area contributed by atoms with E-state index in [0.717, 1.165) is 25.1 Å². The number of carbonyl (C=O) groups excluding carboxylic acids is 1. The normalized spacial score (nSPS) is 10.7. The summed E-state index contributed by atoms with van der Waals surface area (Å²) < 4.78 is 5.60. The predicted molar refractivity (Wildman–Crippen MR) is 108 cm³/mol. The van der Waals surface area contributed by atoms with Gasteiger partial charge in [-0.15, -0.1) is 10.2 Å². The number of para-hydroxylation sites is 1. The minimum Gasteiger partial charge on any atom is -0.421 e. The summed E-state index contributed by atoms with van der Waals surface area (Å²) in [4.78, 5) is 14.3. The highest BCUT2D eigenvalue weighted by Gasteiger charge is 2.11. The van der Waals surface area contributed by atoms with Crippen molar-refractivity contribution in [2.45, 2.75) is 26.2 Å². The highest BCUT2D eigenvalue weighted by molar-refractivity contribution is 7.08. The van der Waals surface area contributed by atoms with Gasteiger partial charge < -0.3 is 14.6 Å². The summed E-state index contributed by atoms with van der Waals surface area (Å²) in [5.41, 5.74) is 2.13. The van der Waals surface area contributed by atoms with Crippen LogP contribution in [0.15, 0.2) is 51.6 Å². The average Bonchev–Trinajstić information content (AvgIpc) is 3.39. The molecule has 0 aliphatic rings. The Hall–Kier alpha value is -2.67. The zero-order valence-corrected chi connectivity index (χ0v) is 16.2. The van der Waals surface area contributed by atoms with Gasteiger partial charge in [-0.05, 0) is 36.9 Å². The lowest BCUT2D eigenvalue weighted by Gasteiger charge is -2.23. The van der Waals surface area contributed by atoms with Gasteiger partial charge >= 0.3 is 0 Å². The molecule has 0 aliphatic carbocycles. The molecule has 0 radical (unpaired) electrons. The third-order valence-electron chi connectivity index (χ3n) is 4.23. The van der Waals surface area contributed by atoms with E-state index in [1.165, 1.54) is 5.69 Å². The number of amides is 1. The molecule has 0 bridgehead atoms. The lowest BCUT2D eigenvalue weighted by Crippen LogP contribution is -2.30. The van der Waals surface area contributed by atoms with Crippen LogP contribution in [0.5, 0.6) is 0 Å². The van der Waals surface area contributed by atoms with Crippen molar-refractivity contribution in [1.29, 1.82) is 0 Å². The molecule has 0 atom stereocenters. The Bertz CT molecular complexity index is 818. The zero-order chi connectivity index (χ0) is 18.9. The van der Waals surface area contributed by atoms with E-state index in [9.17, 15) is 4.79 Å². The molecule has 0 fully saturated rings. The minimum absolute atomic E-state index is 0.00745. The smallest absolute Gasteiger partial charge is 0.248 e. The summed E-state index contributed by atoms with van der Waals surface area (Å²) in [6.07, 6.45) is 1.70. The first-order valence-corrected chi connectivity index (χ1v) is 10.1. The molecule has 0 saturated carbocycles. The van der Waals surface area contributed by atoms with Crippen LogP contribution in [0.1, 0.15) is 25.7 Å². The lowest BCUT2D eigenvalue weighted by atomic mass is 10.2. The van der Waals surface area contributed by atoms with Gasteiger partial charge in [0, 0.05) is 49.1 Å². The highest BCUT2D eigenvalue weighted by Crippen LogP contribution is 2.20. The molecule has 7 heteroatoms. The molecule has 142 valence electrons. The standard InChI is InChI=1S/C20H24N4O2S/c1-2-24(17-7-4-3-5-8-17)13-6-12-21-18(25)9-10-19-22-23-20(26-19)16-11-14-27-15-16/h3-5,7-8,11,14-15H,2,6,9-10,12-13H2,1H3,(H,21,25). The lowest BCUT2D eigenvalue weighted by molar-refractivity contribution is -0.121. The second-order valence-electron chi connectivity index (χ2n) is 6.13. The van der Waals surface area contributed by atoms with Crippen LogP contribution in [0.25, 0.3) is 11.5 Å². The van der Waals surface area contributed by atoms with Crippen LogP contribution in [0.4, 0.5) is 5.69 Å². The minimum atomic E-state index is 0.00745. The predicted octanol–water partition coefficient (Wildman–Crippen LogP) is 3.76. The van der Waals surface area contributed by atoms with Crippen LogP contribution < -0.4 is 10.2 Å². The first kappa shape index (κ1) is 19.1. The maximum Gasteiger partial charge on any atom is 0.248 e. The molecule has 1 amide bonds. The molecular weight excluding hydrogens is 360 g/mol. The molecule has 1 N–H and O–H groups in total. The number of carbonyl (C=O) groups is 1. The number of hydrogen-bond acceptors (Lipinski definition) is 6. The van der Waals surface area contributed by atoms with Crippen LogP contribution in [0, 0.1) is 0 Å². The fraction of sp³-hybridized carbons (Fsp3) is 0.350. The first-order chi connectivity index (χ1) is 13.3. The van der Waals surface area contributed by atoms with E-state index >= 15 is 0 Å². The average molecular weight is 385 g/mol. The second-order valence-corrected chi connectivity index (χ2v) is 6.91. The van der Waals surface area contributed by atoms with Crippen molar-refractivity contribution in [3.05, 3.63) is 53.0 Å². The Morgan fingerprint density at radius 1 is 1.22 bits per heavy atom. The second kappa shape index (κ2) is 9.87. The summed E-state index contributed by atoms with van der Waals surface area (Å²) in [5, 5.41) is 14.9. The highest BCUT2D eigenvalue weighted by atomic mass is 32.1. The van der Waals surface area contributed by atoms with E-state index in [-0.39, 0.29) is 5.91 Å². The van der Waals surface area contributed by atoms with Gasteiger partial charge in [0.15, 0.2) is 0 Å². The molecule has 0 spiro atoms. The molecule has 0 unspecified atom stereocenters. The monoisotopic (exact) mass is 384 g/mol. The van der Waals surface area contributed by atoms with E-state index < -0.39 is 0 Å². The third-order valence-corrected chi connectivity index (χ3v) is 4.91. The molecule has 1 aromatic carbocycles. The molecule has 6 nitrogen and oxygen atoms in total. The van der Waals surface area contributed by atoms with Gasteiger partial charge in [-0.1, -0.05) is 18.2 Å². The van der Waals surface area contributed by atoms with Crippen LogP contribution >= 0.6 is 11.3 Å². The van der Waals surface area contributed by atoms with Gasteiger partial charge in [0.05, 0.1) is 0 Å². The Labute approximate surface area is 163 Å². The molecule has 2 aromatic heterocycles. The molecule has 3 rings (SSSR count). The number of nitrogens with zero attached hydrogens (tertiary/aromatic N) is 3. The molecular formula is C20H24N4O2S. The van der Waals surface area contributed by atoms with Crippen LogP contribution in [0.2, 0.25) is 0 Å². The summed E-state index contributed by atoms with van der Waals surface area (Å²) in [5.74, 6) is 1.01. The van der Waals surface area contributed by atoms with Crippen molar-refractivity contribution in [3.8, 4) is 11.5 Å². The largest absolute Gasteiger partial charge is 0.421 e. The van der Waals surface area contributed by atoms with E-state index in [0.29, 0.717) is 31.2 Å². The summed E-state index contributed by atoms with van der Waals surface area (Å²) in [6.45, 7) is 4.66. The van der Waals surface area contributed by atoms with Crippen molar-refractivity contribution in [1.82, 2.24) is 15.5 Å². The van der Waals surface area contributed by atoms with E-state index in [1.807, 2.05) is 35.0 Å². The number of thiophene rings is 1. The van der Waals surface area contributed by atoms with Crippen molar-refractivity contribution in [2.24, 2.45) is 0 Å². The molecule has 2 heterocycles. The summed E-state index contributed by atoms with van der Waals surface area (Å²) >= 11 is 1.58. The van der Waals surface area contributed by atoms with Gasteiger partial charge in [-0.25, -0.2) is 0 Å². The van der Waals surface area contributed by atoms with E-state index in [2.05, 4.69) is 39.5 Å². The zero-order valence-electron chi connectivity index (χ0n) is 15.4. The number of aromatic nitrogens is 2. The Balaban J connectivity index is 1.35. The quantitative estimate of drug-likeness (QED) is 0.539. The maximum absolute atomic E-state index is 12.0. The van der Waals surface area contributed by atoms with Gasteiger partial charge in [-0.3, -0.25) is 4.79 Å². The number of benzene rings is 1. The number of aryl methyl sites for hydroxylation is 1. The Morgan fingerprint density at radius 2 is 2.07 bits per heavy atom. The molecule has 0 saturated heterocycles. The van der Waals surface area contributed by atoms with Gasteiger partial charge in [0.2, 0.25) is 17.7 Å². The molecule has 27 heavy (non-hydrogen) atoms. The van der Waals surface area contributed by atoms with Gasteiger partial charge in [0.25, 0.3) is 0 Å². The van der Waals surface area contributed by atoms with Crippen molar-refractivity contribution < 1.29 is 9.21 Å². The summed E-state index contributed by atoms with van der Waals surface area (Å²) in [7, 11) is 0. The van der Waals surface area contributed by atoms with E-state index in [4.69, 9.17) is 4.42 Å². The summed E-state index contributed by atoms with van der Waals surface area (Å²) in [6, 6.07) is 12.3. The number of anilines is 1. The topological polar surface area (TPSA) is 71.3 Å². The fourth-order valence-corrected chi connectivity index (χ4v) is 3.40. The van der Waals surface area contributed by atoms with Crippen LogP contribution in [-0.2, 0) is 11.2 Å². The molecule has 0 aliphatic heterocycles. The first-order valence-electron chi connectivity index (χ1n) is 9.18. The van der Waals surface area contributed by atoms with Crippen LogP contribution in [-0.4, -0.2) is 35.7 Å².